The first-order valence-corrected chi connectivity index (χ1v) is 12.0. The quantitative estimate of drug-likeness (QED) is 0.321. The number of hydrogen-bond donors (Lipinski definition) is 0. The van der Waals surface area contributed by atoms with Gasteiger partial charge in [0.1, 0.15) is 5.69 Å². The lowest BCUT2D eigenvalue weighted by Crippen LogP contribution is -2.45. The molecule has 34 heavy (non-hydrogen) atoms. The van der Waals surface area contributed by atoms with E-state index in [1.165, 1.54) is 16.8 Å². The Morgan fingerprint density at radius 3 is 1.94 bits per heavy atom. The van der Waals surface area contributed by atoms with Gasteiger partial charge < -0.3 is 9.42 Å². The topological polar surface area (TPSA) is 32.5 Å². The van der Waals surface area contributed by atoms with E-state index in [0.717, 1.165) is 56.2 Å². The average molecular weight is 450 g/mol. The van der Waals surface area contributed by atoms with Crippen molar-refractivity contribution in [3.05, 3.63) is 126 Å². The van der Waals surface area contributed by atoms with Crippen molar-refractivity contribution in [1.29, 1.82) is 0 Å². The van der Waals surface area contributed by atoms with Crippen LogP contribution in [0.5, 0.6) is 0 Å². The summed E-state index contributed by atoms with van der Waals surface area (Å²) in [5.41, 5.74) is 5.88. The number of benzene rings is 3. The molecular formula is C30H31N3O. The van der Waals surface area contributed by atoms with Gasteiger partial charge in [0.05, 0.1) is 6.54 Å². The maximum atomic E-state index is 5.62. The van der Waals surface area contributed by atoms with E-state index in [0.29, 0.717) is 5.92 Å². The predicted molar refractivity (Wildman–Crippen MR) is 137 cm³/mol. The van der Waals surface area contributed by atoms with Gasteiger partial charge in [-0.25, -0.2) is 0 Å². The molecule has 0 amide bonds. The van der Waals surface area contributed by atoms with Gasteiger partial charge in [0.2, 0.25) is 0 Å². The van der Waals surface area contributed by atoms with Crippen LogP contribution in [0.3, 0.4) is 0 Å². The Morgan fingerprint density at radius 1 is 0.794 bits per heavy atom. The Balaban J connectivity index is 1.18. The summed E-state index contributed by atoms with van der Waals surface area (Å²) in [6, 6.07) is 33.8. The van der Waals surface area contributed by atoms with Crippen molar-refractivity contribution in [3.63, 3.8) is 0 Å². The summed E-state index contributed by atoms with van der Waals surface area (Å²) in [5, 5.41) is 4.26. The highest BCUT2D eigenvalue weighted by Gasteiger charge is 2.22. The molecule has 1 aliphatic rings. The van der Waals surface area contributed by atoms with Crippen LogP contribution in [0.2, 0.25) is 0 Å². The second-order valence-corrected chi connectivity index (χ2v) is 8.95. The number of hydrogen-bond acceptors (Lipinski definition) is 4. The molecule has 1 aliphatic heterocycles. The van der Waals surface area contributed by atoms with E-state index in [-0.39, 0.29) is 0 Å². The van der Waals surface area contributed by atoms with Crippen LogP contribution in [0.4, 0.5) is 0 Å². The number of aromatic nitrogens is 1. The molecule has 0 atom stereocenters. The maximum Gasteiger partial charge on any atom is 0.151 e. The van der Waals surface area contributed by atoms with Gasteiger partial charge in [-0.1, -0.05) is 103 Å². The van der Waals surface area contributed by atoms with E-state index in [9.17, 15) is 0 Å². The molecule has 0 N–H and O–H groups in total. The summed E-state index contributed by atoms with van der Waals surface area (Å²) >= 11 is 0. The smallest absolute Gasteiger partial charge is 0.151 e. The van der Waals surface area contributed by atoms with Crippen LogP contribution in [-0.4, -0.2) is 41.1 Å². The number of allylic oxidation sites excluding steroid dienone is 1. The zero-order chi connectivity index (χ0) is 23.2. The van der Waals surface area contributed by atoms with Crippen LogP contribution in [0.1, 0.15) is 29.2 Å². The Morgan fingerprint density at radius 2 is 1.35 bits per heavy atom. The first kappa shape index (κ1) is 22.2. The van der Waals surface area contributed by atoms with Crippen LogP contribution in [0.15, 0.2) is 114 Å². The van der Waals surface area contributed by atoms with E-state index >= 15 is 0 Å². The SMILES string of the molecule is C=C(CC(c1ccccc1)c1ccccc1)N1CCN(Cc2cc(-c3ccccc3)no2)CC1. The van der Waals surface area contributed by atoms with Gasteiger partial charge in [0.25, 0.3) is 0 Å². The lowest BCUT2D eigenvalue weighted by molar-refractivity contribution is 0.138. The molecule has 4 nitrogen and oxygen atoms in total. The standard InChI is InChI=1S/C30H31N3O/c1-24(21-29(25-11-5-2-6-12-25)26-13-7-3-8-14-26)33-19-17-32(18-20-33)23-28-22-30(31-34-28)27-15-9-4-10-16-27/h2-16,22,29H,1,17-21,23H2. The van der Waals surface area contributed by atoms with Crippen LogP contribution in [0.25, 0.3) is 11.3 Å². The van der Waals surface area contributed by atoms with E-state index in [2.05, 4.69) is 100 Å². The number of piperazine rings is 1. The average Bonchev–Trinajstić information content (AvgIpc) is 3.37. The molecule has 4 aromatic rings. The number of rotatable bonds is 8. The van der Waals surface area contributed by atoms with Gasteiger partial charge >= 0.3 is 0 Å². The minimum absolute atomic E-state index is 0.318. The third-order valence-electron chi connectivity index (χ3n) is 6.67. The molecule has 0 aliphatic carbocycles. The molecule has 1 fully saturated rings. The highest BCUT2D eigenvalue weighted by atomic mass is 16.5. The minimum Gasteiger partial charge on any atom is -0.373 e. The van der Waals surface area contributed by atoms with Crippen LogP contribution < -0.4 is 0 Å². The maximum absolute atomic E-state index is 5.62. The van der Waals surface area contributed by atoms with E-state index in [4.69, 9.17) is 4.52 Å². The molecule has 0 unspecified atom stereocenters. The fourth-order valence-electron chi connectivity index (χ4n) is 4.74. The fraction of sp³-hybridized carbons (Fsp3) is 0.233. The molecule has 2 heterocycles. The molecule has 4 heteroatoms. The second kappa shape index (κ2) is 10.5. The molecule has 5 rings (SSSR count). The molecule has 0 radical (unpaired) electrons. The lowest BCUT2D eigenvalue weighted by Gasteiger charge is -2.37. The second-order valence-electron chi connectivity index (χ2n) is 8.95. The summed E-state index contributed by atoms with van der Waals surface area (Å²) in [6.07, 6.45) is 0.927. The first-order valence-electron chi connectivity index (χ1n) is 12.0. The van der Waals surface area contributed by atoms with Crippen molar-refractivity contribution in [2.45, 2.75) is 18.9 Å². The molecular weight excluding hydrogens is 418 g/mol. The van der Waals surface area contributed by atoms with E-state index in [1.807, 2.05) is 18.2 Å². The molecule has 3 aromatic carbocycles. The zero-order valence-corrected chi connectivity index (χ0v) is 19.5. The zero-order valence-electron chi connectivity index (χ0n) is 19.5. The summed E-state index contributed by atoms with van der Waals surface area (Å²) in [7, 11) is 0. The van der Waals surface area contributed by atoms with Crippen LogP contribution >= 0.6 is 0 Å². The normalized spacial score (nSPS) is 14.4. The number of nitrogens with zero attached hydrogens (tertiary/aromatic N) is 3. The van der Waals surface area contributed by atoms with Crippen molar-refractivity contribution in [2.75, 3.05) is 26.2 Å². The Bertz CT molecular complexity index is 1140. The van der Waals surface area contributed by atoms with Gasteiger partial charge in [-0.05, 0) is 17.5 Å². The van der Waals surface area contributed by atoms with Gasteiger partial charge in [0, 0.05) is 49.4 Å². The van der Waals surface area contributed by atoms with Crippen molar-refractivity contribution in [2.24, 2.45) is 0 Å². The molecule has 0 saturated carbocycles. The van der Waals surface area contributed by atoms with Gasteiger partial charge in [0.15, 0.2) is 5.76 Å². The molecule has 1 saturated heterocycles. The van der Waals surface area contributed by atoms with Crippen molar-refractivity contribution >= 4 is 0 Å². The van der Waals surface area contributed by atoms with E-state index in [1.54, 1.807) is 0 Å². The Hall–Kier alpha value is -3.63. The molecule has 172 valence electrons. The minimum atomic E-state index is 0.318. The predicted octanol–water partition coefficient (Wildman–Crippen LogP) is 6.20. The lowest BCUT2D eigenvalue weighted by atomic mass is 9.87. The third kappa shape index (κ3) is 5.29. The Labute approximate surface area is 202 Å². The van der Waals surface area contributed by atoms with Gasteiger partial charge in [-0.2, -0.15) is 0 Å². The molecule has 0 spiro atoms. The summed E-state index contributed by atoms with van der Waals surface area (Å²) in [6.45, 7) is 9.22. The summed E-state index contributed by atoms with van der Waals surface area (Å²) in [4.78, 5) is 4.89. The summed E-state index contributed by atoms with van der Waals surface area (Å²) < 4.78 is 5.62. The van der Waals surface area contributed by atoms with Crippen LogP contribution in [0, 0.1) is 0 Å². The highest BCUT2D eigenvalue weighted by Crippen LogP contribution is 2.32. The van der Waals surface area contributed by atoms with Crippen molar-refractivity contribution < 1.29 is 4.52 Å². The summed E-state index contributed by atoms with van der Waals surface area (Å²) in [5.74, 6) is 1.23. The molecule has 0 bridgehead atoms. The van der Waals surface area contributed by atoms with Gasteiger partial charge in [-0.15, -0.1) is 0 Å². The monoisotopic (exact) mass is 449 g/mol. The first-order chi connectivity index (χ1) is 16.8. The van der Waals surface area contributed by atoms with Crippen LogP contribution in [-0.2, 0) is 6.54 Å². The fourth-order valence-corrected chi connectivity index (χ4v) is 4.74. The Kier molecular flexibility index (Phi) is 6.87. The third-order valence-corrected chi connectivity index (χ3v) is 6.67. The van der Waals surface area contributed by atoms with Crippen molar-refractivity contribution in [3.8, 4) is 11.3 Å². The largest absolute Gasteiger partial charge is 0.373 e. The van der Waals surface area contributed by atoms with Crippen molar-refractivity contribution in [1.82, 2.24) is 15.0 Å². The van der Waals surface area contributed by atoms with E-state index < -0.39 is 0 Å². The molecule has 1 aromatic heterocycles. The van der Waals surface area contributed by atoms with Gasteiger partial charge in [-0.3, -0.25) is 4.90 Å². The highest BCUT2D eigenvalue weighted by molar-refractivity contribution is 5.58.